The largest absolute Gasteiger partial charge is 0.508 e. The van der Waals surface area contributed by atoms with Gasteiger partial charge in [-0.2, -0.15) is 0 Å². The Hall–Kier alpha value is -1.63. The molecule has 1 aromatic carbocycles. The van der Waals surface area contributed by atoms with Crippen molar-refractivity contribution in [1.29, 1.82) is 0 Å². The summed E-state index contributed by atoms with van der Waals surface area (Å²) in [5.74, 6) is -0.826. The van der Waals surface area contributed by atoms with Crippen LogP contribution in [0.5, 0.6) is 5.75 Å². The highest BCUT2D eigenvalue weighted by Crippen LogP contribution is 2.13. The predicted molar refractivity (Wildman–Crippen MR) is 98.7 cm³/mol. The molecule has 0 heterocycles. The lowest BCUT2D eigenvalue weighted by Crippen LogP contribution is -1.98. The highest BCUT2D eigenvalue weighted by Gasteiger charge is 1.94. The second-order valence-electron chi connectivity index (χ2n) is 5.54. The number of aliphatic hydroxyl groups excluding tert-OH is 3. The maximum Gasteiger partial charge on any atom is 0.329 e. The van der Waals surface area contributed by atoms with Crippen molar-refractivity contribution >= 4 is 5.97 Å². The molecule has 0 aliphatic carbocycles. The number of aromatic hydroxyl groups is 1. The van der Waals surface area contributed by atoms with Crippen LogP contribution in [0.4, 0.5) is 0 Å². The zero-order chi connectivity index (χ0) is 19.3. The molecule has 6 heteroatoms. The van der Waals surface area contributed by atoms with E-state index >= 15 is 0 Å². The number of unbranched alkanes of at least 4 members (excludes halogenated alkanes) is 6. The van der Waals surface area contributed by atoms with Gasteiger partial charge >= 0.3 is 5.97 Å². The highest BCUT2D eigenvalue weighted by molar-refractivity contribution is 5.67. The molecule has 0 aromatic heterocycles. The molecule has 0 radical (unpaired) electrons. The van der Waals surface area contributed by atoms with E-state index in [-0.39, 0.29) is 13.2 Å². The quantitative estimate of drug-likeness (QED) is 0.410. The lowest BCUT2D eigenvalue weighted by atomic mass is 10.0. The standard InChI is InChI=1S/C15H24O.C2H4O3.C2H6O2/c1-2-3-4-5-6-7-8-9-14-10-12-15(16)13-11-14;3-1-2(4)5;3-1-2-4/h10-13,16H,2-9H2,1H3;3H,1H2,(H,4,5);3-4H,1-2H2. The number of aliphatic carboxylic acids is 1. The Morgan fingerprint density at radius 3 is 1.68 bits per heavy atom. The number of carboxylic acids is 1. The zero-order valence-corrected chi connectivity index (χ0v) is 15.2. The van der Waals surface area contributed by atoms with Gasteiger partial charge in [-0.05, 0) is 30.5 Å². The summed E-state index contributed by atoms with van der Waals surface area (Å²) in [5.41, 5.74) is 1.34. The summed E-state index contributed by atoms with van der Waals surface area (Å²) < 4.78 is 0. The molecule has 146 valence electrons. The minimum atomic E-state index is -1.19. The summed E-state index contributed by atoms with van der Waals surface area (Å²) in [6.45, 7) is 1.23. The van der Waals surface area contributed by atoms with Crippen LogP contribution in [-0.2, 0) is 11.2 Å². The van der Waals surface area contributed by atoms with Crippen molar-refractivity contribution in [2.45, 2.75) is 58.3 Å². The molecule has 0 unspecified atom stereocenters. The maximum absolute atomic E-state index is 9.15. The number of carboxylic acid groups (broad SMARTS) is 1. The van der Waals surface area contributed by atoms with Gasteiger partial charge in [0.2, 0.25) is 0 Å². The van der Waals surface area contributed by atoms with Gasteiger partial charge in [0.1, 0.15) is 12.4 Å². The average Bonchev–Trinajstić information content (AvgIpc) is 2.63. The van der Waals surface area contributed by atoms with E-state index in [1.54, 1.807) is 12.1 Å². The van der Waals surface area contributed by atoms with Crippen molar-refractivity contribution in [3.63, 3.8) is 0 Å². The number of hydrogen-bond acceptors (Lipinski definition) is 5. The first-order chi connectivity index (χ1) is 12.0. The Balaban J connectivity index is 0. The number of carbonyl (C=O) groups is 1. The number of aliphatic hydroxyl groups is 3. The molecule has 0 fully saturated rings. The third-order valence-corrected chi connectivity index (χ3v) is 3.24. The van der Waals surface area contributed by atoms with Crippen LogP contribution in [0.25, 0.3) is 0 Å². The Morgan fingerprint density at radius 2 is 1.28 bits per heavy atom. The molecule has 5 N–H and O–H groups in total. The Kier molecular flexibility index (Phi) is 20.9. The topological polar surface area (TPSA) is 118 Å². The fourth-order valence-corrected chi connectivity index (χ4v) is 1.95. The van der Waals surface area contributed by atoms with Crippen LogP contribution in [-0.4, -0.2) is 51.3 Å². The summed E-state index contributed by atoms with van der Waals surface area (Å²) in [5, 5.41) is 39.4. The van der Waals surface area contributed by atoms with Crippen molar-refractivity contribution in [1.82, 2.24) is 0 Å². The molecular weight excluding hydrogens is 324 g/mol. The van der Waals surface area contributed by atoms with Gasteiger partial charge in [-0.25, -0.2) is 4.79 Å². The first kappa shape index (κ1) is 25.6. The van der Waals surface area contributed by atoms with Crippen molar-refractivity contribution in [3.8, 4) is 5.75 Å². The number of phenols is 1. The van der Waals surface area contributed by atoms with Gasteiger partial charge in [-0.15, -0.1) is 0 Å². The molecule has 0 spiro atoms. The fourth-order valence-electron chi connectivity index (χ4n) is 1.95. The monoisotopic (exact) mass is 358 g/mol. The van der Waals surface area contributed by atoms with E-state index in [0.29, 0.717) is 5.75 Å². The number of aryl methyl sites for hydroxylation is 1. The second kappa shape index (κ2) is 20.4. The SMILES string of the molecule is CCCCCCCCCc1ccc(O)cc1.O=C(O)CO.OCCO. The molecule has 1 rings (SSSR count). The summed E-state index contributed by atoms with van der Waals surface area (Å²) in [6, 6.07) is 7.59. The average molecular weight is 358 g/mol. The maximum atomic E-state index is 9.15. The first-order valence-corrected chi connectivity index (χ1v) is 8.84. The summed E-state index contributed by atoms with van der Waals surface area (Å²) >= 11 is 0. The summed E-state index contributed by atoms with van der Waals surface area (Å²) in [4.78, 5) is 9.12. The van der Waals surface area contributed by atoms with Crippen LogP contribution in [0.2, 0.25) is 0 Å². The van der Waals surface area contributed by atoms with Gasteiger partial charge in [0.25, 0.3) is 0 Å². The molecule has 0 aliphatic rings. The van der Waals surface area contributed by atoms with Crippen LogP contribution in [0, 0.1) is 0 Å². The van der Waals surface area contributed by atoms with E-state index in [4.69, 9.17) is 30.3 Å². The third kappa shape index (κ3) is 22.4. The van der Waals surface area contributed by atoms with Crippen LogP contribution < -0.4 is 0 Å². The van der Waals surface area contributed by atoms with Crippen LogP contribution >= 0.6 is 0 Å². The Labute approximate surface area is 150 Å². The van der Waals surface area contributed by atoms with Crippen molar-refractivity contribution in [2.24, 2.45) is 0 Å². The normalized spacial score (nSPS) is 9.44. The van der Waals surface area contributed by atoms with Crippen molar-refractivity contribution in [2.75, 3.05) is 19.8 Å². The van der Waals surface area contributed by atoms with Crippen LogP contribution in [0.3, 0.4) is 0 Å². The van der Waals surface area contributed by atoms with Gasteiger partial charge in [0.05, 0.1) is 13.2 Å². The van der Waals surface area contributed by atoms with E-state index in [9.17, 15) is 0 Å². The number of benzene rings is 1. The van der Waals surface area contributed by atoms with E-state index < -0.39 is 12.6 Å². The smallest absolute Gasteiger partial charge is 0.329 e. The molecule has 1 aromatic rings. The molecule has 6 nitrogen and oxygen atoms in total. The molecule has 0 saturated carbocycles. The van der Waals surface area contributed by atoms with E-state index in [0.717, 1.165) is 6.42 Å². The molecule has 0 bridgehead atoms. The number of hydrogen-bond donors (Lipinski definition) is 5. The van der Waals surface area contributed by atoms with Gasteiger partial charge in [-0.3, -0.25) is 0 Å². The van der Waals surface area contributed by atoms with Crippen molar-refractivity contribution in [3.05, 3.63) is 29.8 Å². The summed E-state index contributed by atoms with van der Waals surface area (Å²) in [7, 11) is 0. The highest BCUT2D eigenvalue weighted by atomic mass is 16.4. The minimum Gasteiger partial charge on any atom is -0.508 e. The fraction of sp³-hybridized carbons (Fsp3) is 0.632. The predicted octanol–water partition coefficient (Wildman–Crippen LogP) is 2.72. The number of rotatable bonds is 10. The number of phenolic OH excluding ortho intramolecular Hbond substituents is 1. The Bertz CT molecular complexity index is 389. The first-order valence-electron chi connectivity index (χ1n) is 8.84. The lowest BCUT2D eigenvalue weighted by molar-refractivity contribution is -0.140. The third-order valence-electron chi connectivity index (χ3n) is 3.24. The van der Waals surface area contributed by atoms with Crippen LogP contribution in [0.15, 0.2) is 24.3 Å². The zero-order valence-electron chi connectivity index (χ0n) is 15.2. The van der Waals surface area contributed by atoms with Crippen LogP contribution in [0.1, 0.15) is 57.4 Å². The second-order valence-corrected chi connectivity index (χ2v) is 5.54. The molecule has 0 amide bonds. The Morgan fingerprint density at radius 1 is 0.840 bits per heavy atom. The van der Waals surface area contributed by atoms with E-state index in [2.05, 4.69) is 6.92 Å². The van der Waals surface area contributed by atoms with Gasteiger partial charge in [0.15, 0.2) is 0 Å². The molecule has 0 aliphatic heterocycles. The van der Waals surface area contributed by atoms with Crippen molar-refractivity contribution < 1.29 is 30.3 Å². The molecule has 25 heavy (non-hydrogen) atoms. The van der Waals surface area contributed by atoms with Gasteiger partial charge in [0, 0.05) is 0 Å². The minimum absolute atomic E-state index is 0.125. The molecular formula is C19H34O6. The molecule has 0 atom stereocenters. The van der Waals surface area contributed by atoms with Gasteiger partial charge in [-0.1, -0.05) is 57.6 Å². The lowest BCUT2D eigenvalue weighted by Gasteiger charge is -2.02. The van der Waals surface area contributed by atoms with E-state index in [1.807, 2.05) is 12.1 Å². The van der Waals surface area contributed by atoms with E-state index in [1.165, 1.54) is 50.5 Å². The summed E-state index contributed by atoms with van der Waals surface area (Å²) in [6.07, 6.45) is 10.6. The molecule has 0 saturated heterocycles. The van der Waals surface area contributed by atoms with Gasteiger partial charge < -0.3 is 25.5 Å².